The molecule has 0 saturated carbocycles. The number of carbonyl (C=O) groups excluding carboxylic acids is 5. The molecule has 1 aliphatic heterocycles. The maximum Gasteiger partial charge on any atom is 0.410 e. The summed E-state index contributed by atoms with van der Waals surface area (Å²) < 4.78 is 64.8. The summed E-state index contributed by atoms with van der Waals surface area (Å²) in [6.07, 6.45) is 3.54. The predicted octanol–water partition coefficient (Wildman–Crippen LogP) is 7.23. The lowest BCUT2D eigenvalue weighted by molar-refractivity contribution is -0.163. The third-order valence-corrected chi connectivity index (χ3v) is 10.2. The lowest BCUT2D eigenvalue weighted by atomic mass is 9.85. The Hall–Kier alpha value is -4.46. The first kappa shape index (κ1) is 44.9. The molecule has 302 valence electrons. The van der Waals surface area contributed by atoms with Gasteiger partial charge in [-0.2, -0.15) is 8.78 Å². The van der Waals surface area contributed by atoms with E-state index in [2.05, 4.69) is 10.6 Å². The molecule has 13 nitrogen and oxygen atoms in total. The molecule has 0 aliphatic carbocycles. The molecule has 1 heterocycles. The quantitative estimate of drug-likeness (QED) is 0.0863. The van der Waals surface area contributed by atoms with Crippen LogP contribution in [0.25, 0.3) is 6.08 Å². The average Bonchev–Trinajstić information content (AvgIpc) is 3.59. The maximum atomic E-state index is 15.9. The molecular formula is C39H52F2N3O10P. The normalized spacial score (nSPS) is 16.1. The molecule has 3 rings (SSSR count). The number of nitrogens with zero attached hydrogens (tertiary/aromatic N) is 1. The minimum Gasteiger partial charge on any atom is -0.438 e. The topological polar surface area (TPSA) is 167 Å². The number of esters is 2. The second-order valence-corrected chi connectivity index (χ2v) is 18.3. The van der Waals surface area contributed by atoms with Gasteiger partial charge in [-0.15, -0.1) is 0 Å². The summed E-state index contributed by atoms with van der Waals surface area (Å²) in [5.41, 5.74) is -7.01. The van der Waals surface area contributed by atoms with E-state index in [4.69, 9.17) is 18.5 Å². The second-order valence-electron chi connectivity index (χ2n) is 16.2. The van der Waals surface area contributed by atoms with E-state index in [1.54, 1.807) is 45.0 Å². The smallest absolute Gasteiger partial charge is 0.410 e. The Morgan fingerprint density at radius 3 is 1.85 bits per heavy atom. The average molecular weight is 792 g/mol. The highest BCUT2D eigenvalue weighted by molar-refractivity contribution is 7.54. The molecular weight excluding hydrogens is 739 g/mol. The van der Waals surface area contributed by atoms with E-state index < -0.39 is 84.5 Å². The van der Waals surface area contributed by atoms with E-state index in [9.17, 15) is 28.5 Å². The van der Waals surface area contributed by atoms with E-state index in [0.29, 0.717) is 30.6 Å². The number of likely N-dealkylation sites (tertiary alicyclic amines) is 1. The van der Waals surface area contributed by atoms with E-state index in [1.165, 1.54) is 64.7 Å². The van der Waals surface area contributed by atoms with Gasteiger partial charge in [-0.3, -0.25) is 37.6 Å². The third-order valence-electron chi connectivity index (χ3n) is 8.36. The Morgan fingerprint density at radius 1 is 0.836 bits per heavy atom. The van der Waals surface area contributed by atoms with E-state index in [1.807, 2.05) is 6.07 Å². The highest BCUT2D eigenvalue weighted by Crippen LogP contribution is 2.67. The summed E-state index contributed by atoms with van der Waals surface area (Å²) in [6, 6.07) is 11.5. The number of alkyl halides is 2. The van der Waals surface area contributed by atoms with Crippen LogP contribution in [0.1, 0.15) is 86.3 Å². The fraction of sp³-hybridized carbons (Fsp3) is 0.513. The summed E-state index contributed by atoms with van der Waals surface area (Å²) >= 11 is 0. The van der Waals surface area contributed by atoms with Crippen molar-refractivity contribution in [2.75, 3.05) is 25.4 Å². The van der Waals surface area contributed by atoms with E-state index >= 15 is 8.78 Å². The number of benzene rings is 2. The Kier molecular flexibility index (Phi) is 14.7. The summed E-state index contributed by atoms with van der Waals surface area (Å²) in [5.74, 6) is -3.01. The minimum absolute atomic E-state index is 0.292. The Morgan fingerprint density at radius 2 is 1.36 bits per heavy atom. The van der Waals surface area contributed by atoms with Gasteiger partial charge in [0.1, 0.15) is 12.1 Å². The molecule has 2 N–H and O–H groups in total. The van der Waals surface area contributed by atoms with Gasteiger partial charge in [-0.25, -0.2) is 0 Å². The summed E-state index contributed by atoms with van der Waals surface area (Å²) in [7, 11) is -5.52. The fourth-order valence-corrected chi connectivity index (χ4v) is 6.36. The van der Waals surface area contributed by atoms with Gasteiger partial charge >= 0.3 is 25.2 Å². The van der Waals surface area contributed by atoms with Gasteiger partial charge in [0.15, 0.2) is 0 Å². The van der Waals surface area contributed by atoms with Gasteiger partial charge in [0, 0.05) is 23.9 Å². The number of anilines is 1. The molecule has 2 aromatic carbocycles. The molecule has 2 atom stereocenters. The highest BCUT2D eigenvalue weighted by Gasteiger charge is 2.56. The first-order valence-electron chi connectivity index (χ1n) is 17.7. The Balaban J connectivity index is 1.74. The molecule has 1 aliphatic rings. The Labute approximate surface area is 321 Å². The van der Waals surface area contributed by atoms with Crippen LogP contribution in [0.3, 0.4) is 0 Å². The van der Waals surface area contributed by atoms with Crippen molar-refractivity contribution in [2.45, 2.75) is 92.9 Å². The van der Waals surface area contributed by atoms with Crippen LogP contribution in [0.15, 0.2) is 60.7 Å². The lowest BCUT2D eigenvalue weighted by Gasteiger charge is -2.35. The molecule has 0 unspecified atom stereocenters. The zero-order chi connectivity index (χ0) is 41.4. The predicted molar refractivity (Wildman–Crippen MR) is 201 cm³/mol. The number of para-hydroxylation sites is 1. The standard InChI is InChI=1S/C39H52F2N3O10P/c1-36(2,3)31(33(47)44-23-13-16-29(44)32(46)42-28-14-11-10-12-15-28)43-30(45)22-19-26-17-20-27(21-18-26)39(40,41)55(50,53-24-51-34(48)37(4,5)6)54-25-52-35(49)38(7,8)9/h10-12,14-15,17-22,29,31H,13,16,23-25H2,1-9H3,(H,42,46)(H,43,45)/b22-19+/t29-,31+/m0/s1. The second kappa shape index (κ2) is 18.0. The van der Waals surface area contributed by atoms with Gasteiger partial charge in [0.2, 0.25) is 31.3 Å². The Bertz CT molecular complexity index is 1730. The van der Waals surface area contributed by atoms with Gasteiger partial charge < -0.3 is 25.0 Å². The van der Waals surface area contributed by atoms with Crippen molar-refractivity contribution in [3.8, 4) is 0 Å². The van der Waals surface area contributed by atoms with Crippen LogP contribution in [-0.2, 0) is 52.7 Å². The molecule has 0 radical (unpaired) electrons. The van der Waals surface area contributed by atoms with Crippen LogP contribution < -0.4 is 10.6 Å². The van der Waals surface area contributed by atoms with Crippen molar-refractivity contribution in [3.63, 3.8) is 0 Å². The van der Waals surface area contributed by atoms with Crippen LogP contribution in [0.4, 0.5) is 14.5 Å². The summed E-state index contributed by atoms with van der Waals surface area (Å²) in [6.45, 7) is 12.5. The van der Waals surface area contributed by atoms with Crippen LogP contribution in [0.5, 0.6) is 0 Å². The van der Waals surface area contributed by atoms with Gasteiger partial charge in [0.05, 0.1) is 10.8 Å². The number of ether oxygens (including phenoxy) is 2. The van der Waals surface area contributed by atoms with Crippen LogP contribution in [0, 0.1) is 16.2 Å². The van der Waals surface area contributed by atoms with Gasteiger partial charge in [-0.1, -0.05) is 63.2 Å². The summed E-state index contributed by atoms with van der Waals surface area (Å²) in [4.78, 5) is 65.9. The molecule has 0 aromatic heterocycles. The molecule has 2 aromatic rings. The first-order valence-corrected chi connectivity index (χ1v) is 19.3. The number of carbonyl (C=O) groups is 5. The van der Waals surface area contributed by atoms with Crippen molar-refractivity contribution >= 4 is 49.0 Å². The van der Waals surface area contributed by atoms with Crippen molar-refractivity contribution in [3.05, 3.63) is 71.8 Å². The van der Waals surface area contributed by atoms with Gasteiger partial charge in [0.25, 0.3) is 0 Å². The van der Waals surface area contributed by atoms with Crippen LogP contribution in [-0.4, -0.2) is 66.8 Å². The van der Waals surface area contributed by atoms with Crippen LogP contribution in [0.2, 0.25) is 0 Å². The number of halogens is 2. The number of nitrogens with one attached hydrogen (secondary N) is 2. The number of hydrogen-bond donors (Lipinski definition) is 2. The molecule has 16 heteroatoms. The summed E-state index contributed by atoms with van der Waals surface area (Å²) in [5, 5.41) is 5.57. The molecule has 1 fully saturated rings. The monoisotopic (exact) mass is 791 g/mol. The number of amides is 3. The zero-order valence-electron chi connectivity index (χ0n) is 32.8. The fourth-order valence-electron chi connectivity index (χ4n) is 5.11. The lowest BCUT2D eigenvalue weighted by Crippen LogP contribution is -2.57. The molecule has 0 bridgehead atoms. The largest absolute Gasteiger partial charge is 0.438 e. The first-order chi connectivity index (χ1) is 25.4. The minimum atomic E-state index is -5.52. The van der Waals surface area contributed by atoms with Crippen molar-refractivity contribution < 1.29 is 55.8 Å². The van der Waals surface area contributed by atoms with Crippen LogP contribution >= 0.6 is 7.60 Å². The molecule has 0 spiro atoms. The SMILES string of the molecule is CC(C)(C)C(=O)OCOP(=O)(OCOC(=O)C(C)(C)C)C(F)(F)c1ccc(/C=C/C(=O)N[C@H](C(=O)N2CCC[C@H]2C(=O)Nc2ccccc2)C(C)(C)C)cc1. The highest BCUT2D eigenvalue weighted by atomic mass is 31.2. The molecule has 1 saturated heterocycles. The number of rotatable bonds is 14. The third kappa shape index (κ3) is 12.3. The van der Waals surface area contributed by atoms with Crippen molar-refractivity contribution in [1.29, 1.82) is 0 Å². The van der Waals surface area contributed by atoms with Gasteiger partial charge in [-0.05, 0) is 83.6 Å². The maximum absolute atomic E-state index is 15.9. The van der Waals surface area contributed by atoms with Crippen molar-refractivity contribution in [2.24, 2.45) is 16.2 Å². The zero-order valence-corrected chi connectivity index (χ0v) is 33.7. The van der Waals surface area contributed by atoms with Crippen molar-refractivity contribution in [1.82, 2.24) is 10.2 Å². The molecule has 55 heavy (non-hydrogen) atoms. The van der Waals surface area contributed by atoms with E-state index in [0.717, 1.165) is 18.2 Å². The number of hydrogen-bond acceptors (Lipinski definition) is 10. The molecule has 3 amide bonds. The van der Waals surface area contributed by atoms with E-state index in [-0.39, 0.29) is 5.91 Å².